The predicted octanol–water partition coefficient (Wildman–Crippen LogP) is 4.17. The van der Waals surface area contributed by atoms with E-state index in [-0.39, 0.29) is 6.54 Å². The smallest absolute Gasteiger partial charge is 0.359 e. The molecule has 2 aromatic rings. The monoisotopic (exact) mass is 340 g/mol. The van der Waals surface area contributed by atoms with E-state index >= 15 is 0 Å². The number of benzene rings is 2. The van der Waals surface area contributed by atoms with Gasteiger partial charge in [0.15, 0.2) is 6.54 Å². The Balaban J connectivity index is 1.91. The molecule has 3 nitrogen and oxygen atoms in total. The van der Waals surface area contributed by atoms with Crippen LogP contribution in [-0.4, -0.2) is 41.7 Å². The maximum Gasteiger partial charge on any atom is 0.359 e. The molecule has 0 heterocycles. The zero-order chi connectivity index (χ0) is 18.0. The van der Waals surface area contributed by atoms with Crippen LogP contribution in [0, 0.1) is 0 Å². The highest BCUT2D eigenvalue weighted by Crippen LogP contribution is 2.14. The summed E-state index contributed by atoms with van der Waals surface area (Å²) in [7, 11) is 0. The minimum atomic E-state index is -0.693. The SMILES string of the molecule is CC[N+](CCCc1ccccc1)(CCCc1ccccc1)CC(=O)O. The quantitative estimate of drug-likeness (QED) is 0.623. The molecule has 0 bridgehead atoms. The summed E-state index contributed by atoms with van der Waals surface area (Å²) in [5.74, 6) is -0.693. The number of aliphatic carboxylic acids is 1. The van der Waals surface area contributed by atoms with Gasteiger partial charge >= 0.3 is 5.97 Å². The molecule has 1 N–H and O–H groups in total. The average Bonchev–Trinajstić information content (AvgIpc) is 2.63. The molecule has 0 atom stereocenters. The molecule has 0 saturated carbocycles. The van der Waals surface area contributed by atoms with Gasteiger partial charge in [-0.05, 0) is 30.9 Å². The molecule has 0 aliphatic heterocycles. The molecule has 2 aromatic carbocycles. The molecule has 0 radical (unpaired) electrons. The van der Waals surface area contributed by atoms with Crippen LogP contribution in [0.25, 0.3) is 0 Å². The summed E-state index contributed by atoms with van der Waals surface area (Å²) in [6.07, 6.45) is 4.07. The number of aryl methyl sites for hydroxylation is 2. The normalized spacial score (nSPS) is 11.4. The number of quaternary nitrogens is 1. The van der Waals surface area contributed by atoms with E-state index in [0.717, 1.165) is 45.3 Å². The molecular weight excluding hydrogens is 310 g/mol. The molecule has 25 heavy (non-hydrogen) atoms. The van der Waals surface area contributed by atoms with Gasteiger partial charge in [-0.25, -0.2) is 4.79 Å². The number of carbonyl (C=O) groups is 1. The van der Waals surface area contributed by atoms with Crippen molar-refractivity contribution in [3.8, 4) is 0 Å². The van der Waals surface area contributed by atoms with Crippen LogP contribution in [0.2, 0.25) is 0 Å². The lowest BCUT2D eigenvalue weighted by Crippen LogP contribution is -2.52. The summed E-state index contributed by atoms with van der Waals surface area (Å²) < 4.78 is 0.676. The van der Waals surface area contributed by atoms with E-state index in [1.54, 1.807) is 0 Å². The van der Waals surface area contributed by atoms with Crippen LogP contribution in [0.3, 0.4) is 0 Å². The van der Waals surface area contributed by atoms with Crippen LogP contribution in [-0.2, 0) is 17.6 Å². The first-order valence-corrected chi connectivity index (χ1v) is 9.28. The average molecular weight is 340 g/mol. The van der Waals surface area contributed by atoms with E-state index in [2.05, 4.69) is 55.5 Å². The fourth-order valence-corrected chi connectivity index (χ4v) is 3.51. The van der Waals surface area contributed by atoms with E-state index < -0.39 is 5.97 Å². The van der Waals surface area contributed by atoms with Crippen molar-refractivity contribution in [1.82, 2.24) is 0 Å². The van der Waals surface area contributed by atoms with Gasteiger partial charge in [-0.15, -0.1) is 0 Å². The molecule has 0 amide bonds. The maximum absolute atomic E-state index is 11.4. The number of hydrogen-bond acceptors (Lipinski definition) is 1. The number of hydrogen-bond donors (Lipinski definition) is 1. The summed E-state index contributed by atoms with van der Waals surface area (Å²) in [4.78, 5) is 11.4. The highest BCUT2D eigenvalue weighted by atomic mass is 16.4. The number of likely N-dealkylation sites (N-methyl/N-ethyl adjacent to an activating group) is 1. The first-order chi connectivity index (χ1) is 12.1. The Morgan fingerprint density at radius 2 is 1.28 bits per heavy atom. The Bertz CT molecular complexity index is 579. The minimum absolute atomic E-state index is 0.222. The van der Waals surface area contributed by atoms with Crippen molar-refractivity contribution < 1.29 is 14.4 Å². The third kappa shape index (κ3) is 6.71. The van der Waals surface area contributed by atoms with Crippen LogP contribution in [0.5, 0.6) is 0 Å². The van der Waals surface area contributed by atoms with Gasteiger partial charge in [-0.1, -0.05) is 60.7 Å². The van der Waals surface area contributed by atoms with Crippen LogP contribution < -0.4 is 0 Å². The highest BCUT2D eigenvalue weighted by molar-refractivity contribution is 5.67. The van der Waals surface area contributed by atoms with Crippen LogP contribution >= 0.6 is 0 Å². The number of carboxylic acids is 1. The summed E-state index contributed by atoms with van der Waals surface area (Å²) in [6.45, 7) is 5.06. The molecule has 0 saturated heterocycles. The number of carboxylic acid groups (broad SMARTS) is 1. The molecule has 2 rings (SSSR count). The largest absolute Gasteiger partial charge is 0.477 e. The predicted molar refractivity (Wildman–Crippen MR) is 103 cm³/mol. The highest BCUT2D eigenvalue weighted by Gasteiger charge is 2.27. The van der Waals surface area contributed by atoms with Gasteiger partial charge < -0.3 is 9.59 Å². The van der Waals surface area contributed by atoms with E-state index in [9.17, 15) is 9.90 Å². The summed E-state index contributed by atoms with van der Waals surface area (Å²) in [5, 5.41) is 9.40. The second-order valence-electron chi connectivity index (χ2n) is 6.84. The fraction of sp³-hybridized carbons (Fsp3) is 0.409. The zero-order valence-electron chi connectivity index (χ0n) is 15.2. The van der Waals surface area contributed by atoms with Gasteiger partial charge in [0.25, 0.3) is 0 Å². The first-order valence-electron chi connectivity index (χ1n) is 9.28. The first kappa shape index (κ1) is 19.2. The van der Waals surface area contributed by atoms with Gasteiger partial charge in [0.2, 0.25) is 0 Å². The molecule has 0 aliphatic carbocycles. The molecular formula is C22H30NO2+. The molecule has 0 aliphatic rings. The lowest BCUT2D eigenvalue weighted by atomic mass is 10.1. The Kier molecular flexibility index (Phi) is 7.68. The second kappa shape index (κ2) is 10.00. The third-order valence-electron chi connectivity index (χ3n) is 5.02. The van der Waals surface area contributed by atoms with Crippen molar-refractivity contribution in [2.45, 2.75) is 32.6 Å². The standard InChI is InChI=1S/C22H29NO2/c1-2-23(19-22(24)25,17-9-15-20-11-5-3-6-12-20)18-10-16-21-13-7-4-8-14-21/h3-8,11-14H,2,9-10,15-19H2,1H3/p+1. The van der Waals surface area contributed by atoms with Gasteiger partial charge in [0.05, 0.1) is 19.6 Å². The number of rotatable bonds is 11. The van der Waals surface area contributed by atoms with Gasteiger partial charge in [0.1, 0.15) is 0 Å². The van der Waals surface area contributed by atoms with Crippen molar-refractivity contribution in [3.05, 3.63) is 71.8 Å². The Morgan fingerprint density at radius 3 is 1.64 bits per heavy atom. The molecule has 0 spiro atoms. The summed E-state index contributed by atoms with van der Waals surface area (Å²) >= 11 is 0. The third-order valence-corrected chi connectivity index (χ3v) is 5.02. The minimum Gasteiger partial charge on any atom is -0.477 e. The van der Waals surface area contributed by atoms with Crippen molar-refractivity contribution in [2.75, 3.05) is 26.2 Å². The fourth-order valence-electron chi connectivity index (χ4n) is 3.51. The van der Waals surface area contributed by atoms with E-state index in [1.165, 1.54) is 11.1 Å². The molecule has 0 fully saturated rings. The van der Waals surface area contributed by atoms with Crippen LogP contribution in [0.4, 0.5) is 0 Å². The van der Waals surface area contributed by atoms with Gasteiger partial charge in [-0.3, -0.25) is 0 Å². The number of nitrogens with zero attached hydrogens (tertiary/aromatic N) is 1. The van der Waals surface area contributed by atoms with Gasteiger partial charge in [0, 0.05) is 12.8 Å². The maximum atomic E-state index is 11.4. The topological polar surface area (TPSA) is 37.3 Å². The Labute approximate surface area is 151 Å². The second-order valence-corrected chi connectivity index (χ2v) is 6.84. The van der Waals surface area contributed by atoms with Crippen molar-refractivity contribution in [3.63, 3.8) is 0 Å². The lowest BCUT2D eigenvalue weighted by Gasteiger charge is -2.36. The van der Waals surface area contributed by atoms with E-state index in [1.807, 2.05) is 12.1 Å². The Hall–Kier alpha value is -2.13. The molecule has 0 unspecified atom stereocenters. The summed E-state index contributed by atoms with van der Waals surface area (Å²) in [5.41, 5.74) is 2.66. The van der Waals surface area contributed by atoms with Crippen molar-refractivity contribution >= 4 is 5.97 Å². The molecule has 134 valence electrons. The van der Waals surface area contributed by atoms with E-state index in [4.69, 9.17) is 0 Å². The summed E-state index contributed by atoms with van der Waals surface area (Å²) in [6, 6.07) is 20.9. The lowest BCUT2D eigenvalue weighted by molar-refractivity contribution is -0.920. The van der Waals surface area contributed by atoms with Crippen molar-refractivity contribution in [2.24, 2.45) is 0 Å². The molecule has 3 heteroatoms. The van der Waals surface area contributed by atoms with Crippen molar-refractivity contribution in [1.29, 1.82) is 0 Å². The van der Waals surface area contributed by atoms with Crippen LogP contribution in [0.15, 0.2) is 60.7 Å². The Morgan fingerprint density at radius 1 is 0.840 bits per heavy atom. The van der Waals surface area contributed by atoms with Crippen LogP contribution in [0.1, 0.15) is 30.9 Å². The van der Waals surface area contributed by atoms with E-state index in [0.29, 0.717) is 4.48 Å². The molecule has 0 aromatic heterocycles. The zero-order valence-corrected chi connectivity index (χ0v) is 15.2. The van der Waals surface area contributed by atoms with Gasteiger partial charge in [-0.2, -0.15) is 0 Å².